The Kier molecular flexibility index (Phi) is 4.99. The van der Waals surface area contributed by atoms with Gasteiger partial charge in [0.1, 0.15) is 10.6 Å². The maximum Gasteiger partial charge on any atom is 0.285 e. The zero-order valence-electron chi connectivity index (χ0n) is 13.8. The predicted molar refractivity (Wildman–Crippen MR) is 94.3 cm³/mol. The van der Waals surface area contributed by atoms with E-state index in [-0.39, 0.29) is 21.3 Å². The molecule has 0 saturated heterocycles. The maximum absolute atomic E-state index is 14.0. The number of halogens is 3. The van der Waals surface area contributed by atoms with E-state index in [0.717, 1.165) is 16.8 Å². The van der Waals surface area contributed by atoms with E-state index in [0.29, 0.717) is 0 Å². The molecule has 0 aliphatic carbocycles. The Morgan fingerprint density at radius 1 is 1.11 bits per heavy atom. The molecular formula is C17H12ClF2N3O3S. The summed E-state index contributed by atoms with van der Waals surface area (Å²) in [5.41, 5.74) is -0.562. The second-order valence-corrected chi connectivity index (χ2v) is 7.58. The fourth-order valence-electron chi connectivity index (χ4n) is 2.40. The molecule has 0 spiro atoms. The van der Waals surface area contributed by atoms with Gasteiger partial charge in [-0.05, 0) is 37.3 Å². The summed E-state index contributed by atoms with van der Waals surface area (Å²) in [6.07, 6.45) is 0. The van der Waals surface area contributed by atoms with Crippen molar-refractivity contribution in [3.8, 4) is 5.69 Å². The summed E-state index contributed by atoms with van der Waals surface area (Å²) in [6.45, 7) is 1.47. The largest absolute Gasteiger partial charge is 0.285 e. The highest BCUT2D eigenvalue weighted by Crippen LogP contribution is 2.22. The van der Waals surface area contributed by atoms with Crippen LogP contribution < -0.4 is 4.72 Å². The number of nitrogens with one attached hydrogen (secondary N) is 1. The van der Waals surface area contributed by atoms with Crippen LogP contribution in [0.5, 0.6) is 0 Å². The average molecular weight is 412 g/mol. The van der Waals surface area contributed by atoms with Gasteiger partial charge in [0.05, 0.1) is 5.02 Å². The number of rotatable bonds is 4. The lowest BCUT2D eigenvalue weighted by molar-refractivity contribution is 0.0976. The second-order valence-electron chi connectivity index (χ2n) is 5.52. The molecule has 1 N–H and O–H groups in total. The summed E-state index contributed by atoms with van der Waals surface area (Å²) in [7, 11) is -4.25. The highest BCUT2D eigenvalue weighted by molar-refractivity contribution is 7.90. The van der Waals surface area contributed by atoms with Crippen LogP contribution >= 0.6 is 11.6 Å². The Balaban J connectivity index is 1.95. The molecule has 0 aliphatic rings. The smallest absolute Gasteiger partial charge is 0.266 e. The molecule has 2 aromatic carbocycles. The van der Waals surface area contributed by atoms with E-state index in [1.54, 1.807) is 0 Å². The molecule has 10 heteroatoms. The molecular weight excluding hydrogens is 400 g/mol. The number of hydrogen-bond acceptors (Lipinski definition) is 4. The van der Waals surface area contributed by atoms with Crippen LogP contribution in [0.1, 0.15) is 16.2 Å². The molecule has 0 radical (unpaired) electrons. The van der Waals surface area contributed by atoms with E-state index in [9.17, 15) is 22.0 Å². The third-order valence-electron chi connectivity index (χ3n) is 3.62. The summed E-state index contributed by atoms with van der Waals surface area (Å²) < 4.78 is 55.3. The molecule has 0 fully saturated rings. The lowest BCUT2D eigenvalue weighted by Crippen LogP contribution is -2.31. The van der Waals surface area contributed by atoms with Gasteiger partial charge in [0.15, 0.2) is 17.3 Å². The van der Waals surface area contributed by atoms with Crippen molar-refractivity contribution in [2.24, 2.45) is 0 Å². The third kappa shape index (κ3) is 3.69. The van der Waals surface area contributed by atoms with E-state index in [4.69, 9.17) is 11.6 Å². The minimum atomic E-state index is -4.25. The fourth-order valence-corrected chi connectivity index (χ4v) is 3.88. The molecule has 27 heavy (non-hydrogen) atoms. The molecule has 0 atom stereocenters. The Hall–Kier alpha value is -2.78. The van der Waals surface area contributed by atoms with E-state index < -0.39 is 33.3 Å². The van der Waals surface area contributed by atoms with Crippen LogP contribution in [0.15, 0.2) is 53.4 Å². The van der Waals surface area contributed by atoms with Crippen LogP contribution in [0.4, 0.5) is 8.78 Å². The number of benzene rings is 2. The lowest BCUT2D eigenvalue weighted by Gasteiger charge is -2.07. The normalized spacial score (nSPS) is 11.4. The molecule has 6 nitrogen and oxygen atoms in total. The number of amides is 1. The van der Waals surface area contributed by atoms with Crippen LogP contribution in [-0.2, 0) is 10.0 Å². The van der Waals surface area contributed by atoms with Crippen LogP contribution in [0.25, 0.3) is 5.69 Å². The van der Waals surface area contributed by atoms with Gasteiger partial charge < -0.3 is 0 Å². The molecule has 0 aliphatic heterocycles. The van der Waals surface area contributed by atoms with Crippen molar-refractivity contribution >= 4 is 27.5 Å². The number of sulfonamides is 1. The van der Waals surface area contributed by atoms with Gasteiger partial charge in [-0.25, -0.2) is 26.6 Å². The maximum atomic E-state index is 14.0. The van der Waals surface area contributed by atoms with Gasteiger partial charge in [-0.1, -0.05) is 29.8 Å². The molecule has 0 unspecified atom stereocenters. The number of nitrogens with zero attached hydrogens (tertiary/aromatic N) is 2. The molecule has 3 rings (SSSR count). The molecule has 140 valence electrons. The van der Waals surface area contributed by atoms with E-state index in [1.165, 1.54) is 43.3 Å². The highest BCUT2D eigenvalue weighted by Gasteiger charge is 2.24. The zero-order valence-corrected chi connectivity index (χ0v) is 15.4. The number of para-hydroxylation sites is 1. The number of aryl methyl sites for hydroxylation is 1. The summed E-state index contributed by atoms with van der Waals surface area (Å²) in [5, 5.41) is 3.77. The number of aromatic nitrogens is 2. The van der Waals surface area contributed by atoms with Gasteiger partial charge in [-0.3, -0.25) is 4.79 Å². The Morgan fingerprint density at radius 3 is 2.37 bits per heavy atom. The first-order valence-corrected chi connectivity index (χ1v) is 9.39. The van der Waals surface area contributed by atoms with E-state index in [1.807, 2.05) is 4.72 Å². The van der Waals surface area contributed by atoms with Crippen molar-refractivity contribution in [1.29, 1.82) is 0 Å². The van der Waals surface area contributed by atoms with Gasteiger partial charge in [0.25, 0.3) is 15.9 Å². The van der Waals surface area contributed by atoms with Gasteiger partial charge in [-0.15, -0.1) is 0 Å². The molecule has 3 aromatic rings. The summed E-state index contributed by atoms with van der Waals surface area (Å²) in [6, 6.07) is 10.1. The first-order valence-electron chi connectivity index (χ1n) is 7.53. The van der Waals surface area contributed by atoms with Gasteiger partial charge in [0, 0.05) is 5.69 Å². The standard InChI is InChI=1S/C17H12ClF2N3O3S/c1-10-9-14(21-23(10)16-12(19)6-4-7-13(16)20)17(24)22-27(25,26)15-8-3-2-5-11(15)18/h2-9H,1H3,(H,22,24). The number of hydrogen-bond donors (Lipinski definition) is 1. The van der Waals surface area contributed by atoms with Crippen molar-refractivity contribution in [3.63, 3.8) is 0 Å². The zero-order chi connectivity index (χ0) is 19.8. The lowest BCUT2D eigenvalue weighted by atomic mass is 10.3. The van der Waals surface area contributed by atoms with Gasteiger partial charge in [0.2, 0.25) is 0 Å². The fraction of sp³-hybridized carbons (Fsp3) is 0.0588. The summed E-state index contributed by atoms with van der Waals surface area (Å²) in [4.78, 5) is 12.0. The van der Waals surface area contributed by atoms with Crippen LogP contribution in [-0.4, -0.2) is 24.1 Å². The molecule has 1 aromatic heterocycles. The van der Waals surface area contributed by atoms with Crippen molar-refractivity contribution in [3.05, 3.63) is 76.6 Å². The first-order chi connectivity index (χ1) is 12.7. The minimum absolute atomic E-state index is 0.0621. The molecule has 1 heterocycles. The van der Waals surface area contributed by atoms with Crippen molar-refractivity contribution < 1.29 is 22.0 Å². The number of carbonyl (C=O) groups excluding carboxylic acids is 1. The second kappa shape index (κ2) is 7.09. The number of carbonyl (C=O) groups is 1. The molecule has 0 bridgehead atoms. The van der Waals surface area contributed by atoms with Crippen LogP contribution in [0.3, 0.4) is 0 Å². The first kappa shape index (κ1) is 19.0. The summed E-state index contributed by atoms with van der Waals surface area (Å²) >= 11 is 5.85. The SMILES string of the molecule is Cc1cc(C(=O)NS(=O)(=O)c2ccccc2Cl)nn1-c1c(F)cccc1F. The Morgan fingerprint density at radius 2 is 1.74 bits per heavy atom. The van der Waals surface area contributed by atoms with Crippen LogP contribution in [0, 0.1) is 18.6 Å². The predicted octanol–water partition coefficient (Wildman–Crippen LogP) is 3.23. The van der Waals surface area contributed by atoms with E-state index >= 15 is 0 Å². The van der Waals surface area contributed by atoms with Crippen molar-refractivity contribution in [2.45, 2.75) is 11.8 Å². The topological polar surface area (TPSA) is 81.1 Å². The minimum Gasteiger partial charge on any atom is -0.266 e. The van der Waals surface area contributed by atoms with Crippen LogP contribution in [0.2, 0.25) is 5.02 Å². The summed E-state index contributed by atoms with van der Waals surface area (Å²) in [5.74, 6) is -2.82. The Labute approximate surface area is 158 Å². The Bertz CT molecular complexity index is 1130. The van der Waals surface area contributed by atoms with Crippen molar-refractivity contribution in [2.75, 3.05) is 0 Å². The molecule has 0 saturated carbocycles. The van der Waals surface area contributed by atoms with Crippen molar-refractivity contribution in [1.82, 2.24) is 14.5 Å². The van der Waals surface area contributed by atoms with Gasteiger partial charge >= 0.3 is 0 Å². The van der Waals surface area contributed by atoms with Gasteiger partial charge in [-0.2, -0.15) is 5.10 Å². The average Bonchev–Trinajstić information content (AvgIpc) is 2.96. The third-order valence-corrected chi connectivity index (χ3v) is 5.45. The highest BCUT2D eigenvalue weighted by atomic mass is 35.5. The molecule has 1 amide bonds. The monoisotopic (exact) mass is 411 g/mol. The van der Waals surface area contributed by atoms with E-state index in [2.05, 4.69) is 5.10 Å². The quantitative estimate of drug-likeness (QED) is 0.714.